The first-order valence-corrected chi connectivity index (χ1v) is 6.14. The zero-order chi connectivity index (χ0) is 10.6. The smallest absolute Gasteiger partial charge is 0.0836 e. The molecule has 15 heavy (non-hydrogen) atoms. The first-order chi connectivity index (χ1) is 7.17. The molecule has 86 valence electrons. The van der Waals surface area contributed by atoms with Gasteiger partial charge in [-0.2, -0.15) is 0 Å². The monoisotopic (exact) mass is 211 g/mol. The summed E-state index contributed by atoms with van der Waals surface area (Å²) in [4.78, 5) is 0. The predicted molar refractivity (Wildman–Crippen MR) is 57.3 cm³/mol. The average molecular weight is 211 g/mol. The van der Waals surface area contributed by atoms with E-state index in [1.165, 1.54) is 19.3 Å². The molecule has 0 aliphatic heterocycles. The highest BCUT2D eigenvalue weighted by molar-refractivity contribution is 5.13. The van der Waals surface area contributed by atoms with Crippen LogP contribution in [-0.4, -0.2) is 30.5 Å². The summed E-state index contributed by atoms with van der Waals surface area (Å²) in [5.74, 6) is 1.48. The summed E-state index contributed by atoms with van der Waals surface area (Å²) >= 11 is 0. The van der Waals surface area contributed by atoms with Gasteiger partial charge < -0.3 is 15.6 Å². The number of hydrogen-bond acceptors (Lipinski definition) is 3. The molecular formula is C12H21NO2. The van der Waals surface area contributed by atoms with Crippen LogP contribution in [0.3, 0.4) is 0 Å². The molecule has 3 aliphatic carbocycles. The summed E-state index contributed by atoms with van der Waals surface area (Å²) in [5, 5.41) is 9.98. The Hall–Kier alpha value is -0.120. The van der Waals surface area contributed by atoms with Crippen LogP contribution in [-0.2, 0) is 4.74 Å². The third-order valence-electron chi connectivity index (χ3n) is 5.36. The van der Waals surface area contributed by atoms with Gasteiger partial charge in [-0.05, 0) is 49.4 Å². The zero-order valence-corrected chi connectivity index (χ0v) is 9.36. The van der Waals surface area contributed by atoms with Crippen LogP contribution in [0, 0.1) is 17.3 Å². The maximum atomic E-state index is 9.98. The average Bonchev–Trinajstić information content (AvgIpc) is 2.85. The van der Waals surface area contributed by atoms with E-state index in [1.807, 2.05) is 0 Å². The van der Waals surface area contributed by atoms with Gasteiger partial charge in [0, 0.05) is 13.2 Å². The standard InChI is InChI=1S/C12H21NO2/c1-15-10-6-12(5-9(10)14)8-3-2-7(4-8)11(12)13/h7-11,14H,2-6,13H2,1H3/t7-,8+,9-,10-,11-,12?/m1/s1. The van der Waals surface area contributed by atoms with Crippen molar-refractivity contribution in [3.63, 3.8) is 0 Å². The Kier molecular flexibility index (Phi) is 2.14. The van der Waals surface area contributed by atoms with E-state index in [2.05, 4.69) is 0 Å². The molecule has 0 amide bonds. The highest BCUT2D eigenvalue weighted by Crippen LogP contribution is 2.62. The van der Waals surface area contributed by atoms with Crippen molar-refractivity contribution in [3.05, 3.63) is 0 Å². The van der Waals surface area contributed by atoms with Gasteiger partial charge in [0.05, 0.1) is 12.2 Å². The lowest BCUT2D eigenvalue weighted by atomic mass is 9.69. The lowest BCUT2D eigenvalue weighted by molar-refractivity contribution is 0.00927. The van der Waals surface area contributed by atoms with Crippen molar-refractivity contribution in [1.82, 2.24) is 0 Å². The summed E-state index contributed by atoms with van der Waals surface area (Å²) in [6, 6.07) is 0.311. The van der Waals surface area contributed by atoms with Crippen molar-refractivity contribution in [3.8, 4) is 0 Å². The highest BCUT2D eigenvalue weighted by Gasteiger charge is 2.61. The Labute approximate surface area is 91.0 Å². The highest BCUT2D eigenvalue weighted by atomic mass is 16.5. The van der Waals surface area contributed by atoms with Gasteiger partial charge in [0.25, 0.3) is 0 Å². The Morgan fingerprint density at radius 2 is 2.13 bits per heavy atom. The molecule has 0 heterocycles. The first kappa shape index (κ1) is 10.1. The number of ether oxygens (including phenoxy) is 1. The third kappa shape index (κ3) is 1.17. The van der Waals surface area contributed by atoms with Gasteiger partial charge in [-0.1, -0.05) is 0 Å². The number of aliphatic hydroxyl groups is 1. The van der Waals surface area contributed by atoms with Crippen LogP contribution in [0.15, 0.2) is 0 Å². The zero-order valence-electron chi connectivity index (χ0n) is 9.36. The molecule has 2 bridgehead atoms. The molecule has 0 saturated heterocycles. The summed E-state index contributed by atoms with van der Waals surface area (Å²) in [5.41, 5.74) is 6.58. The van der Waals surface area contributed by atoms with Crippen LogP contribution in [0.1, 0.15) is 32.1 Å². The fourth-order valence-electron chi connectivity index (χ4n) is 4.57. The molecule has 3 N–H and O–H groups in total. The topological polar surface area (TPSA) is 55.5 Å². The van der Waals surface area contributed by atoms with Crippen LogP contribution < -0.4 is 5.73 Å². The summed E-state index contributed by atoms with van der Waals surface area (Å²) in [6.07, 6.45) is 5.50. The van der Waals surface area contributed by atoms with Gasteiger partial charge in [-0.3, -0.25) is 0 Å². The number of rotatable bonds is 1. The van der Waals surface area contributed by atoms with Crippen LogP contribution >= 0.6 is 0 Å². The summed E-state index contributed by atoms with van der Waals surface area (Å²) in [7, 11) is 1.70. The van der Waals surface area contributed by atoms with E-state index in [0.29, 0.717) is 6.04 Å². The van der Waals surface area contributed by atoms with Crippen molar-refractivity contribution >= 4 is 0 Å². The molecule has 3 fully saturated rings. The van der Waals surface area contributed by atoms with E-state index in [4.69, 9.17) is 10.5 Å². The number of nitrogens with two attached hydrogens (primary N) is 1. The minimum absolute atomic E-state index is 0.0235. The molecule has 0 aromatic heterocycles. The molecule has 1 spiro atoms. The van der Waals surface area contributed by atoms with E-state index >= 15 is 0 Å². The Bertz CT molecular complexity index is 266. The van der Waals surface area contributed by atoms with Gasteiger partial charge in [-0.25, -0.2) is 0 Å². The molecule has 1 unspecified atom stereocenters. The second-order valence-corrected chi connectivity index (χ2v) is 5.78. The second kappa shape index (κ2) is 3.19. The van der Waals surface area contributed by atoms with Crippen molar-refractivity contribution in [2.45, 2.75) is 50.4 Å². The largest absolute Gasteiger partial charge is 0.390 e. The molecule has 3 aliphatic rings. The maximum absolute atomic E-state index is 9.98. The minimum Gasteiger partial charge on any atom is -0.390 e. The lowest BCUT2D eigenvalue weighted by Crippen LogP contribution is -2.45. The van der Waals surface area contributed by atoms with E-state index in [1.54, 1.807) is 7.11 Å². The van der Waals surface area contributed by atoms with Gasteiger partial charge in [-0.15, -0.1) is 0 Å². The number of hydrogen-bond donors (Lipinski definition) is 2. The SMILES string of the molecule is CO[C@@H]1CC2(C[C@H]1O)[C@H]1CC[C@H](C1)[C@H]2N. The summed E-state index contributed by atoms with van der Waals surface area (Å²) < 4.78 is 5.36. The predicted octanol–water partition coefficient (Wildman–Crippen LogP) is 0.900. The minimum atomic E-state index is -0.291. The summed E-state index contributed by atoms with van der Waals surface area (Å²) in [6.45, 7) is 0. The molecule has 3 saturated carbocycles. The van der Waals surface area contributed by atoms with Gasteiger partial charge in [0.2, 0.25) is 0 Å². The van der Waals surface area contributed by atoms with Crippen molar-refractivity contribution in [1.29, 1.82) is 0 Å². The van der Waals surface area contributed by atoms with Crippen LogP contribution in [0.25, 0.3) is 0 Å². The number of aliphatic hydroxyl groups excluding tert-OH is 1. The van der Waals surface area contributed by atoms with Crippen LogP contribution in [0.2, 0.25) is 0 Å². The normalized spacial score (nSPS) is 58.2. The van der Waals surface area contributed by atoms with Crippen molar-refractivity contribution < 1.29 is 9.84 Å². The number of methoxy groups -OCH3 is 1. The Balaban J connectivity index is 1.86. The first-order valence-electron chi connectivity index (χ1n) is 6.14. The van der Waals surface area contributed by atoms with E-state index in [-0.39, 0.29) is 17.6 Å². The molecule has 3 heteroatoms. The van der Waals surface area contributed by atoms with E-state index in [9.17, 15) is 5.11 Å². The van der Waals surface area contributed by atoms with Crippen molar-refractivity contribution in [2.75, 3.05) is 7.11 Å². The van der Waals surface area contributed by atoms with Gasteiger partial charge in [0.1, 0.15) is 0 Å². The quantitative estimate of drug-likeness (QED) is 0.677. The molecule has 3 rings (SSSR count). The second-order valence-electron chi connectivity index (χ2n) is 5.78. The molecule has 3 nitrogen and oxygen atoms in total. The molecule has 0 aromatic rings. The van der Waals surface area contributed by atoms with Crippen LogP contribution in [0.4, 0.5) is 0 Å². The molecular weight excluding hydrogens is 190 g/mol. The fourth-order valence-corrected chi connectivity index (χ4v) is 4.57. The number of fused-ring (bicyclic) bond motifs is 3. The fraction of sp³-hybridized carbons (Fsp3) is 1.00. The van der Waals surface area contributed by atoms with Crippen LogP contribution in [0.5, 0.6) is 0 Å². The van der Waals surface area contributed by atoms with E-state index < -0.39 is 0 Å². The maximum Gasteiger partial charge on any atom is 0.0836 e. The lowest BCUT2D eigenvalue weighted by Gasteiger charge is -2.39. The molecule has 0 radical (unpaired) electrons. The van der Waals surface area contributed by atoms with Gasteiger partial charge >= 0.3 is 0 Å². The van der Waals surface area contributed by atoms with Crippen molar-refractivity contribution in [2.24, 2.45) is 23.0 Å². The Morgan fingerprint density at radius 1 is 1.33 bits per heavy atom. The molecule has 0 aromatic carbocycles. The van der Waals surface area contributed by atoms with Gasteiger partial charge in [0.15, 0.2) is 0 Å². The molecule has 6 atom stereocenters. The van der Waals surface area contributed by atoms with E-state index in [0.717, 1.165) is 24.7 Å². The third-order valence-corrected chi connectivity index (χ3v) is 5.36. The Morgan fingerprint density at radius 3 is 2.67 bits per heavy atom.